The van der Waals surface area contributed by atoms with Gasteiger partial charge in [0.25, 0.3) is 0 Å². The van der Waals surface area contributed by atoms with Crippen LogP contribution in [0.2, 0.25) is 0 Å². The van der Waals surface area contributed by atoms with Crippen molar-refractivity contribution in [2.75, 3.05) is 32.8 Å². The van der Waals surface area contributed by atoms with Gasteiger partial charge >= 0.3 is 0 Å². The van der Waals surface area contributed by atoms with Gasteiger partial charge in [-0.1, -0.05) is 91.9 Å². The molecule has 4 atom stereocenters. The fourth-order valence-electron chi connectivity index (χ4n) is 5.92. The largest absolute Gasteiger partial charge is 0.392 e. The molecule has 6 rings (SSSR count). The Labute approximate surface area is 265 Å². The molecule has 45 heavy (non-hydrogen) atoms. The highest BCUT2D eigenvalue weighted by molar-refractivity contribution is 7.89. The highest BCUT2D eigenvalue weighted by Gasteiger charge is 2.39. The van der Waals surface area contributed by atoms with Gasteiger partial charge in [-0.15, -0.1) is 0 Å². The molecule has 9 heteroatoms. The molecular weight excluding hydrogens is 588 g/mol. The van der Waals surface area contributed by atoms with E-state index >= 15 is 0 Å². The molecule has 0 aromatic heterocycles. The first-order chi connectivity index (χ1) is 21.9. The molecule has 0 saturated carbocycles. The highest BCUT2D eigenvalue weighted by atomic mass is 32.2. The summed E-state index contributed by atoms with van der Waals surface area (Å²) < 4.78 is 46.9. The van der Waals surface area contributed by atoms with Gasteiger partial charge in [0.1, 0.15) is 0 Å². The van der Waals surface area contributed by atoms with E-state index in [1.165, 1.54) is 0 Å². The molecule has 0 amide bonds. The predicted molar refractivity (Wildman–Crippen MR) is 173 cm³/mol. The standard InChI is InChI=1S/C36H40N2O6S/c1-26-34(24-38-18-20-42-21-19-38)43-36(44-35(26)30-12-10-27(25-39)11-13-30)31-16-14-29(15-17-31)32-7-5-6-28(22-32)23-37-45(40,41)33-8-3-2-4-9-33/h2-17,22,26,34-37,39H,18-21,23-25H2,1H3/t26-,34+,35+,36+/m0/s1. The quantitative estimate of drug-likeness (QED) is 0.241. The van der Waals surface area contributed by atoms with E-state index in [-0.39, 0.29) is 36.2 Å². The fourth-order valence-corrected chi connectivity index (χ4v) is 6.96. The molecule has 2 saturated heterocycles. The molecule has 2 fully saturated rings. The molecule has 0 radical (unpaired) electrons. The van der Waals surface area contributed by atoms with Crippen LogP contribution >= 0.6 is 0 Å². The zero-order chi connectivity index (χ0) is 31.2. The maximum absolute atomic E-state index is 12.7. The molecule has 2 heterocycles. The van der Waals surface area contributed by atoms with Crippen LogP contribution in [0.5, 0.6) is 0 Å². The van der Waals surface area contributed by atoms with Gasteiger partial charge < -0.3 is 19.3 Å². The Kier molecular flexibility index (Phi) is 10.1. The van der Waals surface area contributed by atoms with Crippen LogP contribution in [0.1, 0.15) is 41.6 Å². The maximum atomic E-state index is 12.7. The Hall–Kier alpha value is -3.41. The normalized spacial score (nSPS) is 22.7. The first-order valence-electron chi connectivity index (χ1n) is 15.4. The summed E-state index contributed by atoms with van der Waals surface area (Å²) in [5.41, 5.74) is 5.73. The molecule has 0 unspecified atom stereocenters. The van der Waals surface area contributed by atoms with Crippen LogP contribution in [0.4, 0.5) is 0 Å². The average Bonchev–Trinajstić information content (AvgIpc) is 3.09. The summed E-state index contributed by atoms with van der Waals surface area (Å²) in [5, 5.41) is 9.53. The third-order valence-corrected chi connectivity index (χ3v) is 10.0. The van der Waals surface area contributed by atoms with Crippen molar-refractivity contribution in [3.05, 3.63) is 125 Å². The SMILES string of the molecule is C[C@H]1[C@@H](CN2CCOCC2)O[C@@H](c2ccc(-c3cccc(CNS(=O)(=O)c4ccccc4)c3)cc2)O[C@H]1c1ccc(CO)cc1. The zero-order valence-electron chi connectivity index (χ0n) is 25.4. The summed E-state index contributed by atoms with van der Waals surface area (Å²) in [6.45, 7) is 6.41. The van der Waals surface area contributed by atoms with Crippen molar-refractivity contribution in [1.82, 2.24) is 9.62 Å². The van der Waals surface area contributed by atoms with E-state index in [1.54, 1.807) is 30.3 Å². The minimum atomic E-state index is -3.60. The molecule has 4 aromatic rings. The van der Waals surface area contributed by atoms with Gasteiger partial charge in [-0.05, 0) is 46.0 Å². The lowest BCUT2D eigenvalue weighted by Gasteiger charge is -2.43. The van der Waals surface area contributed by atoms with Gasteiger partial charge in [-0.25, -0.2) is 13.1 Å². The predicted octanol–water partition coefficient (Wildman–Crippen LogP) is 5.45. The van der Waals surface area contributed by atoms with Crippen LogP contribution in [0.3, 0.4) is 0 Å². The summed E-state index contributed by atoms with van der Waals surface area (Å²) in [4.78, 5) is 2.64. The Morgan fingerprint density at radius 1 is 0.800 bits per heavy atom. The van der Waals surface area contributed by atoms with Crippen LogP contribution in [-0.2, 0) is 37.4 Å². The number of aliphatic hydroxyl groups is 1. The van der Waals surface area contributed by atoms with Gasteiger partial charge in [-0.2, -0.15) is 0 Å². The molecule has 8 nitrogen and oxygen atoms in total. The van der Waals surface area contributed by atoms with Crippen molar-refractivity contribution in [1.29, 1.82) is 0 Å². The Morgan fingerprint density at radius 3 is 2.22 bits per heavy atom. The molecule has 2 N–H and O–H groups in total. The number of ether oxygens (including phenoxy) is 3. The first-order valence-corrected chi connectivity index (χ1v) is 16.9. The molecular formula is C36H40N2O6S. The third kappa shape index (κ3) is 7.70. The Morgan fingerprint density at radius 2 is 1.51 bits per heavy atom. The second-order valence-corrected chi connectivity index (χ2v) is 13.5. The van der Waals surface area contributed by atoms with E-state index in [9.17, 15) is 13.5 Å². The number of sulfonamides is 1. The smallest absolute Gasteiger partial charge is 0.240 e. The van der Waals surface area contributed by atoms with Crippen molar-refractivity contribution < 1.29 is 27.7 Å². The van der Waals surface area contributed by atoms with Crippen molar-refractivity contribution in [2.45, 2.75) is 43.5 Å². The van der Waals surface area contributed by atoms with Gasteiger partial charge in [0.15, 0.2) is 6.29 Å². The lowest BCUT2D eigenvalue weighted by Crippen LogP contribution is -2.47. The molecule has 0 bridgehead atoms. The molecule has 0 spiro atoms. The number of rotatable bonds is 10. The molecule has 236 valence electrons. The zero-order valence-corrected chi connectivity index (χ0v) is 26.2. The first kappa shape index (κ1) is 31.6. The van der Waals surface area contributed by atoms with Crippen LogP contribution in [0, 0.1) is 5.92 Å². The molecule has 2 aliphatic heterocycles. The number of morpholine rings is 1. The van der Waals surface area contributed by atoms with E-state index < -0.39 is 16.3 Å². The topological polar surface area (TPSA) is 97.3 Å². The second kappa shape index (κ2) is 14.3. The van der Waals surface area contributed by atoms with E-state index in [0.29, 0.717) is 0 Å². The molecule has 4 aromatic carbocycles. The summed E-state index contributed by atoms with van der Waals surface area (Å²) in [7, 11) is -3.60. The maximum Gasteiger partial charge on any atom is 0.240 e. The van der Waals surface area contributed by atoms with E-state index in [0.717, 1.165) is 66.2 Å². The fraction of sp³-hybridized carbons (Fsp3) is 0.333. The van der Waals surface area contributed by atoms with Gasteiger partial charge in [0.05, 0.1) is 36.9 Å². The Balaban J connectivity index is 1.18. The number of aliphatic hydroxyl groups excluding tert-OH is 1. The minimum absolute atomic E-state index is 0.00526. The lowest BCUT2D eigenvalue weighted by atomic mass is 9.90. The summed E-state index contributed by atoms with van der Waals surface area (Å²) >= 11 is 0. The van der Waals surface area contributed by atoms with Crippen molar-refractivity contribution in [2.24, 2.45) is 5.92 Å². The van der Waals surface area contributed by atoms with Crippen molar-refractivity contribution in [3.63, 3.8) is 0 Å². The number of nitrogens with zero attached hydrogens (tertiary/aromatic N) is 1. The summed E-state index contributed by atoms with van der Waals surface area (Å²) in [6, 6.07) is 32.4. The number of hydrogen-bond acceptors (Lipinski definition) is 7. The molecule has 0 aliphatic carbocycles. The molecule has 2 aliphatic rings. The van der Waals surface area contributed by atoms with Crippen LogP contribution in [0.25, 0.3) is 11.1 Å². The van der Waals surface area contributed by atoms with E-state index in [4.69, 9.17) is 14.2 Å². The van der Waals surface area contributed by atoms with Crippen LogP contribution < -0.4 is 4.72 Å². The summed E-state index contributed by atoms with van der Waals surface area (Å²) in [5.74, 6) is 0.116. The number of nitrogens with one attached hydrogen (secondary N) is 1. The van der Waals surface area contributed by atoms with Gasteiger partial charge in [0.2, 0.25) is 10.0 Å². The monoisotopic (exact) mass is 628 g/mol. The highest BCUT2D eigenvalue weighted by Crippen LogP contribution is 2.42. The number of hydrogen-bond donors (Lipinski definition) is 2. The van der Waals surface area contributed by atoms with Crippen molar-refractivity contribution in [3.8, 4) is 11.1 Å². The van der Waals surface area contributed by atoms with E-state index in [1.807, 2.05) is 60.7 Å². The average molecular weight is 629 g/mol. The van der Waals surface area contributed by atoms with Crippen LogP contribution in [-0.4, -0.2) is 57.4 Å². The minimum Gasteiger partial charge on any atom is -0.392 e. The number of benzene rings is 4. The second-order valence-electron chi connectivity index (χ2n) is 11.7. The van der Waals surface area contributed by atoms with E-state index in [2.05, 4.69) is 28.7 Å². The third-order valence-electron chi connectivity index (χ3n) is 8.63. The summed E-state index contributed by atoms with van der Waals surface area (Å²) in [6.07, 6.45) is -0.749. The van der Waals surface area contributed by atoms with Gasteiger partial charge in [-0.3, -0.25) is 4.90 Å². The van der Waals surface area contributed by atoms with Crippen molar-refractivity contribution >= 4 is 10.0 Å². The van der Waals surface area contributed by atoms with Crippen LogP contribution in [0.15, 0.2) is 108 Å². The Bertz CT molecular complexity index is 1640. The lowest BCUT2D eigenvalue weighted by molar-refractivity contribution is -0.277. The van der Waals surface area contributed by atoms with Gasteiger partial charge in [0, 0.05) is 37.7 Å².